The number of rotatable bonds is 6. The number of fused-ring (bicyclic) bond motifs is 1. The summed E-state index contributed by atoms with van der Waals surface area (Å²) in [7, 11) is 0. The monoisotopic (exact) mass is 501 g/mol. The number of aliphatic imine (C=N–C) groups is 2. The Morgan fingerprint density at radius 3 is 2.65 bits per heavy atom. The molecule has 5 heterocycles. The van der Waals surface area contributed by atoms with Crippen LogP contribution in [-0.2, 0) is 9.47 Å². The SMILES string of the molecule is C=N/C=C1\C(=N/CNc2ccc(N3CC4(COC4)C3)cc2)N(c2cccc(N)n2)C2CC(C)(C)OCC12. The van der Waals surface area contributed by atoms with Crippen LogP contribution in [-0.4, -0.2) is 68.8 Å². The molecule has 1 aromatic heterocycles. The number of benzene rings is 1. The maximum absolute atomic E-state index is 6.20. The van der Waals surface area contributed by atoms with Gasteiger partial charge >= 0.3 is 0 Å². The average Bonchev–Trinajstić information content (AvgIpc) is 3.10. The van der Waals surface area contributed by atoms with Crippen molar-refractivity contribution in [3.63, 3.8) is 0 Å². The van der Waals surface area contributed by atoms with Crippen LogP contribution in [0.1, 0.15) is 20.3 Å². The Hall–Kier alpha value is -3.43. The van der Waals surface area contributed by atoms with Crippen molar-refractivity contribution in [2.45, 2.75) is 31.9 Å². The predicted molar refractivity (Wildman–Crippen MR) is 149 cm³/mol. The summed E-state index contributed by atoms with van der Waals surface area (Å²) >= 11 is 0. The third kappa shape index (κ3) is 4.46. The topological polar surface area (TPSA) is 101 Å². The fraction of sp³-hybridized carbons (Fsp3) is 0.464. The van der Waals surface area contributed by atoms with Crippen molar-refractivity contribution in [1.82, 2.24) is 4.98 Å². The number of anilines is 4. The number of nitrogen functional groups attached to an aromatic ring is 1. The molecular weight excluding hydrogens is 466 g/mol. The van der Waals surface area contributed by atoms with Gasteiger partial charge in [0.25, 0.3) is 0 Å². The van der Waals surface area contributed by atoms with Gasteiger partial charge in [-0.15, -0.1) is 0 Å². The smallest absolute Gasteiger partial charge is 0.136 e. The molecule has 0 saturated carbocycles. The number of pyridine rings is 1. The minimum absolute atomic E-state index is 0.126. The predicted octanol–water partition coefficient (Wildman–Crippen LogP) is 3.56. The first-order chi connectivity index (χ1) is 17.9. The normalized spacial score (nSPS) is 27.6. The number of ether oxygens (including phenoxy) is 2. The number of hydrogen-bond acceptors (Lipinski definition) is 8. The van der Waals surface area contributed by atoms with Gasteiger partial charge in [0, 0.05) is 48.2 Å². The van der Waals surface area contributed by atoms with Gasteiger partial charge in [-0.05, 0) is 63.4 Å². The Morgan fingerprint density at radius 1 is 1.19 bits per heavy atom. The van der Waals surface area contributed by atoms with Crippen molar-refractivity contribution in [3.8, 4) is 0 Å². The molecule has 1 aromatic carbocycles. The summed E-state index contributed by atoms with van der Waals surface area (Å²) in [5.41, 5.74) is 9.52. The highest BCUT2D eigenvalue weighted by Crippen LogP contribution is 2.43. The van der Waals surface area contributed by atoms with E-state index >= 15 is 0 Å². The summed E-state index contributed by atoms with van der Waals surface area (Å²) in [6, 6.07) is 14.4. The lowest BCUT2D eigenvalue weighted by atomic mass is 9.78. The molecule has 1 spiro atoms. The molecule has 37 heavy (non-hydrogen) atoms. The highest BCUT2D eigenvalue weighted by atomic mass is 16.5. The van der Waals surface area contributed by atoms with E-state index in [1.54, 1.807) is 6.07 Å². The molecule has 4 aliphatic rings. The lowest BCUT2D eigenvalue weighted by Gasteiger charge is -2.56. The number of aromatic nitrogens is 1. The van der Waals surface area contributed by atoms with Gasteiger partial charge in [0.05, 0.1) is 30.8 Å². The number of nitrogens with one attached hydrogen (secondary N) is 1. The lowest BCUT2D eigenvalue weighted by Crippen LogP contribution is -2.66. The number of nitrogens with two attached hydrogens (primary N) is 1. The zero-order chi connectivity index (χ0) is 25.6. The van der Waals surface area contributed by atoms with Crippen molar-refractivity contribution < 1.29 is 9.47 Å². The fourth-order valence-electron chi connectivity index (χ4n) is 5.95. The molecule has 0 aliphatic carbocycles. The minimum Gasteiger partial charge on any atom is -0.384 e. The second-order valence-electron chi connectivity index (χ2n) is 11.2. The maximum atomic E-state index is 6.20. The van der Waals surface area contributed by atoms with Crippen LogP contribution in [0.25, 0.3) is 0 Å². The highest BCUT2D eigenvalue weighted by Gasteiger charge is 2.50. The van der Waals surface area contributed by atoms with E-state index in [0.29, 0.717) is 24.5 Å². The quantitative estimate of drug-likeness (QED) is 0.584. The minimum atomic E-state index is -0.246. The summed E-state index contributed by atoms with van der Waals surface area (Å²) in [6.45, 7) is 12.9. The second kappa shape index (κ2) is 9.15. The molecule has 2 unspecified atom stereocenters. The van der Waals surface area contributed by atoms with E-state index in [-0.39, 0.29) is 17.6 Å². The van der Waals surface area contributed by atoms with Crippen LogP contribution < -0.4 is 20.9 Å². The standard InChI is InChI=1S/C28H35N7O2/c1-27(2)11-23-22(13-37-27)21(12-30-3)26(35(23)25-6-4-5-24(29)33-25)32-18-31-19-7-9-20(10-8-19)34-14-28(15-34)16-36-17-28/h4-10,12,22-23,31H,3,11,13-18H2,1-2H3,(H2,29,33)/b21-12-,32-26+. The van der Waals surface area contributed by atoms with Gasteiger partial charge in [-0.25, -0.2) is 9.98 Å². The first-order valence-corrected chi connectivity index (χ1v) is 12.9. The summed E-state index contributed by atoms with van der Waals surface area (Å²) in [5, 5.41) is 3.45. The molecule has 2 atom stereocenters. The van der Waals surface area contributed by atoms with E-state index in [2.05, 4.69) is 69.9 Å². The van der Waals surface area contributed by atoms with Gasteiger partial charge in [-0.3, -0.25) is 4.99 Å². The van der Waals surface area contributed by atoms with Crippen LogP contribution in [0.2, 0.25) is 0 Å². The van der Waals surface area contributed by atoms with E-state index < -0.39 is 0 Å². The zero-order valence-corrected chi connectivity index (χ0v) is 21.6. The number of nitrogens with zero attached hydrogens (tertiary/aromatic N) is 5. The fourth-order valence-corrected chi connectivity index (χ4v) is 5.95. The van der Waals surface area contributed by atoms with Crippen molar-refractivity contribution in [2.24, 2.45) is 21.3 Å². The molecule has 3 N–H and O–H groups in total. The summed E-state index contributed by atoms with van der Waals surface area (Å²) < 4.78 is 11.6. The third-order valence-electron chi connectivity index (χ3n) is 7.88. The van der Waals surface area contributed by atoms with Crippen molar-refractivity contribution in [2.75, 3.05) is 60.4 Å². The van der Waals surface area contributed by atoms with Crippen LogP contribution in [0.4, 0.5) is 23.0 Å². The van der Waals surface area contributed by atoms with Gasteiger partial charge in [-0.1, -0.05) is 6.07 Å². The van der Waals surface area contributed by atoms with Gasteiger partial charge in [-0.2, -0.15) is 0 Å². The molecule has 4 saturated heterocycles. The van der Waals surface area contributed by atoms with E-state index in [4.69, 9.17) is 20.2 Å². The van der Waals surface area contributed by atoms with Crippen LogP contribution in [0.5, 0.6) is 0 Å². The molecule has 0 bridgehead atoms. The van der Waals surface area contributed by atoms with E-state index in [9.17, 15) is 0 Å². The Balaban J connectivity index is 1.22. The molecule has 9 heteroatoms. The summed E-state index contributed by atoms with van der Waals surface area (Å²) in [6.07, 6.45) is 2.65. The average molecular weight is 502 g/mol. The first kappa shape index (κ1) is 23.9. The Morgan fingerprint density at radius 2 is 1.97 bits per heavy atom. The first-order valence-electron chi connectivity index (χ1n) is 12.9. The van der Waals surface area contributed by atoms with Gasteiger partial charge in [0.1, 0.15) is 24.1 Å². The number of hydrogen-bond donors (Lipinski definition) is 2. The van der Waals surface area contributed by atoms with Crippen molar-refractivity contribution in [1.29, 1.82) is 0 Å². The van der Waals surface area contributed by atoms with Crippen molar-refractivity contribution in [3.05, 3.63) is 54.2 Å². The molecule has 0 amide bonds. The molecule has 194 valence electrons. The summed E-state index contributed by atoms with van der Waals surface area (Å²) in [4.78, 5) is 18.4. The molecule has 6 rings (SSSR count). The lowest BCUT2D eigenvalue weighted by molar-refractivity contribution is -0.127. The van der Waals surface area contributed by atoms with Crippen LogP contribution in [0.15, 0.2) is 64.2 Å². The molecule has 4 fully saturated rings. The van der Waals surface area contributed by atoms with Gasteiger partial charge in [0.15, 0.2) is 0 Å². The molecule has 4 aliphatic heterocycles. The van der Waals surface area contributed by atoms with E-state index in [1.165, 1.54) is 5.69 Å². The van der Waals surface area contributed by atoms with Gasteiger partial charge in [0.2, 0.25) is 0 Å². The van der Waals surface area contributed by atoms with Crippen LogP contribution in [0, 0.1) is 11.3 Å². The maximum Gasteiger partial charge on any atom is 0.136 e. The molecule has 9 nitrogen and oxygen atoms in total. The van der Waals surface area contributed by atoms with Crippen LogP contribution >= 0.6 is 0 Å². The highest BCUT2D eigenvalue weighted by molar-refractivity contribution is 6.13. The largest absolute Gasteiger partial charge is 0.384 e. The van der Waals surface area contributed by atoms with E-state index in [0.717, 1.165) is 55.6 Å². The molecule has 0 radical (unpaired) electrons. The van der Waals surface area contributed by atoms with E-state index in [1.807, 2.05) is 18.3 Å². The second-order valence-corrected chi connectivity index (χ2v) is 11.2. The summed E-state index contributed by atoms with van der Waals surface area (Å²) in [5.74, 6) is 2.22. The third-order valence-corrected chi connectivity index (χ3v) is 7.88. The zero-order valence-electron chi connectivity index (χ0n) is 21.6. The number of amidine groups is 1. The Labute approximate surface area is 218 Å². The Kier molecular flexibility index (Phi) is 5.92. The molecule has 2 aromatic rings. The van der Waals surface area contributed by atoms with Crippen LogP contribution in [0.3, 0.4) is 0 Å². The Bertz CT molecular complexity index is 1230. The molecular formula is C28H35N7O2. The van der Waals surface area contributed by atoms with Gasteiger partial charge < -0.3 is 30.3 Å². The van der Waals surface area contributed by atoms with Crippen molar-refractivity contribution >= 4 is 35.6 Å².